The molecule has 2 N–H and O–H groups in total. The highest BCUT2D eigenvalue weighted by Crippen LogP contribution is 2.09. The third kappa shape index (κ3) is 3.75. The van der Waals surface area contributed by atoms with Crippen LogP contribution in [-0.2, 0) is 4.79 Å². The van der Waals surface area contributed by atoms with Gasteiger partial charge in [0.25, 0.3) is 0 Å². The third-order valence-electron chi connectivity index (χ3n) is 2.52. The first kappa shape index (κ1) is 14.4. The van der Waals surface area contributed by atoms with E-state index in [0.717, 1.165) is 6.20 Å². The number of nitrogens with one attached hydrogen (secondary N) is 1. The Kier molecular flexibility index (Phi) is 4.12. The van der Waals surface area contributed by atoms with Crippen LogP contribution in [0, 0.1) is 6.92 Å². The van der Waals surface area contributed by atoms with Crippen LogP contribution in [0.15, 0.2) is 23.0 Å². The lowest BCUT2D eigenvalue weighted by Crippen LogP contribution is -2.30. The maximum atomic E-state index is 11.8. The number of aromatic carboxylic acids is 1. The van der Waals surface area contributed by atoms with E-state index in [2.05, 4.69) is 20.4 Å². The van der Waals surface area contributed by atoms with Gasteiger partial charge in [-0.25, -0.2) is 14.8 Å². The van der Waals surface area contributed by atoms with Crippen LogP contribution in [0.5, 0.6) is 0 Å². The number of likely N-dealkylation sites (N-methyl/N-ethyl adjacent to an activating group) is 1. The van der Waals surface area contributed by atoms with Gasteiger partial charge in [-0.05, 0) is 6.92 Å². The fraction of sp³-hybridized carbons (Fsp3) is 0.250. The van der Waals surface area contributed by atoms with Crippen LogP contribution in [0.3, 0.4) is 0 Å². The van der Waals surface area contributed by atoms with Gasteiger partial charge in [-0.1, -0.05) is 5.16 Å². The van der Waals surface area contributed by atoms with E-state index >= 15 is 0 Å². The molecule has 0 fully saturated rings. The maximum Gasteiger partial charge on any atom is 0.356 e. The lowest BCUT2D eigenvalue weighted by Gasteiger charge is -2.16. The smallest absolute Gasteiger partial charge is 0.356 e. The molecule has 0 aromatic carbocycles. The standard InChI is InChI=1S/C12H13N5O4/c1-7-3-9(16-21-7)15-11(18)6-17(2)10-5-13-8(4-14-10)12(19)20/h3-5H,6H2,1-2H3,(H,19,20)(H,15,16,18). The van der Waals surface area contributed by atoms with Gasteiger partial charge in [-0.15, -0.1) is 0 Å². The maximum absolute atomic E-state index is 11.8. The summed E-state index contributed by atoms with van der Waals surface area (Å²) >= 11 is 0. The van der Waals surface area contributed by atoms with E-state index in [1.807, 2.05) is 0 Å². The molecule has 2 heterocycles. The van der Waals surface area contributed by atoms with E-state index in [0.29, 0.717) is 17.4 Å². The first-order valence-electron chi connectivity index (χ1n) is 5.95. The van der Waals surface area contributed by atoms with Crippen molar-refractivity contribution < 1.29 is 19.2 Å². The molecule has 110 valence electrons. The number of carbonyl (C=O) groups is 2. The van der Waals surface area contributed by atoms with E-state index in [1.165, 1.54) is 11.1 Å². The molecule has 2 rings (SSSR count). The molecule has 0 unspecified atom stereocenters. The number of anilines is 2. The second-order valence-electron chi connectivity index (χ2n) is 4.29. The van der Waals surface area contributed by atoms with Gasteiger partial charge >= 0.3 is 5.97 Å². The Hall–Kier alpha value is -2.97. The van der Waals surface area contributed by atoms with Gasteiger partial charge < -0.3 is 19.8 Å². The zero-order valence-electron chi connectivity index (χ0n) is 11.4. The number of nitrogens with zero attached hydrogens (tertiary/aromatic N) is 4. The van der Waals surface area contributed by atoms with Crippen LogP contribution in [0.4, 0.5) is 11.6 Å². The topological polar surface area (TPSA) is 121 Å². The van der Waals surface area contributed by atoms with Crippen molar-refractivity contribution >= 4 is 23.5 Å². The van der Waals surface area contributed by atoms with Gasteiger partial charge in [0.05, 0.1) is 18.9 Å². The number of carbonyl (C=O) groups excluding carboxylic acids is 1. The monoisotopic (exact) mass is 291 g/mol. The highest BCUT2D eigenvalue weighted by molar-refractivity contribution is 5.93. The normalized spacial score (nSPS) is 10.2. The van der Waals surface area contributed by atoms with Crippen LogP contribution in [0.25, 0.3) is 0 Å². The van der Waals surface area contributed by atoms with Crippen molar-refractivity contribution in [2.75, 3.05) is 23.8 Å². The van der Waals surface area contributed by atoms with Gasteiger partial charge in [0.1, 0.15) is 11.6 Å². The number of carboxylic acids is 1. The lowest BCUT2D eigenvalue weighted by molar-refractivity contribution is -0.115. The second kappa shape index (κ2) is 5.99. The summed E-state index contributed by atoms with van der Waals surface area (Å²) in [4.78, 5) is 31.7. The molecule has 1 amide bonds. The number of aryl methyl sites for hydroxylation is 1. The van der Waals surface area contributed by atoms with Crippen LogP contribution in [0.2, 0.25) is 0 Å². The Balaban J connectivity index is 1.95. The molecule has 2 aromatic heterocycles. The SMILES string of the molecule is Cc1cc(NC(=O)CN(C)c2cnc(C(=O)O)cn2)no1. The summed E-state index contributed by atoms with van der Waals surface area (Å²) in [6, 6.07) is 1.60. The van der Waals surface area contributed by atoms with E-state index in [1.54, 1.807) is 20.0 Å². The molecule has 0 saturated heterocycles. The lowest BCUT2D eigenvalue weighted by atomic mass is 10.4. The van der Waals surface area contributed by atoms with Crippen LogP contribution >= 0.6 is 0 Å². The molecule has 0 atom stereocenters. The van der Waals surface area contributed by atoms with Crippen molar-refractivity contribution in [1.29, 1.82) is 0 Å². The van der Waals surface area contributed by atoms with Crippen molar-refractivity contribution in [2.45, 2.75) is 6.92 Å². The average molecular weight is 291 g/mol. The summed E-state index contributed by atoms with van der Waals surface area (Å²) in [5, 5.41) is 14.9. The Labute approximate surface area is 119 Å². The Bertz CT molecular complexity index is 652. The van der Waals surface area contributed by atoms with Crippen LogP contribution < -0.4 is 10.2 Å². The summed E-state index contributed by atoms with van der Waals surface area (Å²) < 4.78 is 4.83. The predicted molar refractivity (Wildman–Crippen MR) is 72.1 cm³/mol. The molecule has 0 aliphatic carbocycles. The number of carboxylic acid groups (broad SMARTS) is 1. The minimum Gasteiger partial charge on any atom is -0.476 e. The summed E-state index contributed by atoms with van der Waals surface area (Å²) in [6.45, 7) is 1.72. The van der Waals surface area contributed by atoms with Gasteiger partial charge in [-0.3, -0.25) is 4.79 Å². The first-order chi connectivity index (χ1) is 9.95. The zero-order chi connectivity index (χ0) is 15.4. The molecule has 9 nitrogen and oxygen atoms in total. The van der Waals surface area contributed by atoms with Gasteiger partial charge in [0, 0.05) is 13.1 Å². The molecule has 0 bridgehead atoms. The summed E-state index contributed by atoms with van der Waals surface area (Å²) in [7, 11) is 1.64. The van der Waals surface area contributed by atoms with Crippen molar-refractivity contribution in [3.05, 3.63) is 29.9 Å². The molecule has 0 radical (unpaired) electrons. The van der Waals surface area contributed by atoms with E-state index in [4.69, 9.17) is 9.63 Å². The summed E-state index contributed by atoms with van der Waals surface area (Å²) in [5.41, 5.74) is -0.158. The van der Waals surface area contributed by atoms with Gasteiger partial charge in [0.2, 0.25) is 5.91 Å². The number of hydrogen-bond acceptors (Lipinski definition) is 7. The van der Waals surface area contributed by atoms with E-state index in [-0.39, 0.29) is 18.1 Å². The third-order valence-corrected chi connectivity index (χ3v) is 2.52. The highest BCUT2D eigenvalue weighted by Gasteiger charge is 2.12. The molecular weight excluding hydrogens is 278 g/mol. The van der Waals surface area contributed by atoms with Gasteiger partial charge in [-0.2, -0.15) is 0 Å². The fourth-order valence-electron chi connectivity index (χ4n) is 1.53. The summed E-state index contributed by atoms with van der Waals surface area (Å²) in [5.74, 6) is -0.163. The van der Waals surface area contributed by atoms with Crippen LogP contribution in [0.1, 0.15) is 16.2 Å². The quantitative estimate of drug-likeness (QED) is 0.818. The minimum absolute atomic E-state index is 0.00695. The highest BCUT2D eigenvalue weighted by atomic mass is 16.5. The first-order valence-corrected chi connectivity index (χ1v) is 5.95. The largest absolute Gasteiger partial charge is 0.476 e. The number of aromatic nitrogens is 3. The average Bonchev–Trinajstić information content (AvgIpc) is 2.83. The minimum atomic E-state index is -1.16. The van der Waals surface area contributed by atoms with E-state index in [9.17, 15) is 9.59 Å². The Morgan fingerprint density at radius 2 is 2.14 bits per heavy atom. The van der Waals surface area contributed by atoms with Crippen LogP contribution in [-0.4, -0.2) is 45.7 Å². The van der Waals surface area contributed by atoms with Crippen molar-refractivity contribution in [3.63, 3.8) is 0 Å². The molecule has 21 heavy (non-hydrogen) atoms. The summed E-state index contributed by atoms with van der Waals surface area (Å²) in [6.07, 6.45) is 2.42. The predicted octanol–water partition coefficient (Wildman–Crippen LogP) is 0.546. The molecule has 0 saturated carbocycles. The van der Waals surface area contributed by atoms with Crippen molar-refractivity contribution in [1.82, 2.24) is 15.1 Å². The van der Waals surface area contributed by atoms with Crippen molar-refractivity contribution in [2.24, 2.45) is 0 Å². The number of amides is 1. The van der Waals surface area contributed by atoms with Crippen molar-refractivity contribution in [3.8, 4) is 0 Å². The Morgan fingerprint density at radius 1 is 1.38 bits per heavy atom. The molecular formula is C12H13N5O4. The molecule has 9 heteroatoms. The Morgan fingerprint density at radius 3 is 2.67 bits per heavy atom. The number of rotatable bonds is 5. The molecule has 0 spiro atoms. The zero-order valence-corrected chi connectivity index (χ0v) is 11.4. The fourth-order valence-corrected chi connectivity index (χ4v) is 1.53. The molecule has 0 aliphatic rings. The van der Waals surface area contributed by atoms with Gasteiger partial charge in [0.15, 0.2) is 11.5 Å². The second-order valence-corrected chi connectivity index (χ2v) is 4.29. The molecule has 0 aliphatic heterocycles. The number of hydrogen-bond donors (Lipinski definition) is 2. The molecule has 2 aromatic rings. The van der Waals surface area contributed by atoms with E-state index < -0.39 is 5.97 Å².